The standard InChI is InChI=1S/C10H14F3NO3S2/c1-6-4-9(18-7(6)2)19(16,17)14(3)5-8(15)10(11,12)13/h4,8,15H,5H2,1-3H3/t8-/m0/s1. The SMILES string of the molecule is Cc1cc(S(=O)(=O)N(C)C[C@H](O)C(F)(F)F)sc1C. The molecule has 0 unspecified atom stereocenters. The molecule has 0 amide bonds. The third kappa shape index (κ3) is 3.68. The van der Waals surface area contributed by atoms with Crippen LogP contribution in [0.15, 0.2) is 10.3 Å². The van der Waals surface area contributed by atoms with Crippen LogP contribution in [0.5, 0.6) is 0 Å². The topological polar surface area (TPSA) is 57.6 Å². The molecule has 0 fully saturated rings. The molecular weight excluding hydrogens is 303 g/mol. The van der Waals surface area contributed by atoms with Gasteiger partial charge in [-0.15, -0.1) is 11.3 Å². The van der Waals surface area contributed by atoms with Crippen molar-refractivity contribution in [2.24, 2.45) is 0 Å². The lowest BCUT2D eigenvalue weighted by Gasteiger charge is -2.21. The van der Waals surface area contributed by atoms with E-state index in [1.165, 1.54) is 6.07 Å². The second-order valence-corrected chi connectivity index (χ2v) is 7.68. The van der Waals surface area contributed by atoms with E-state index in [1.807, 2.05) is 0 Å². The molecule has 0 spiro atoms. The molecule has 9 heteroatoms. The maximum atomic E-state index is 12.2. The lowest BCUT2D eigenvalue weighted by atomic mass is 10.3. The first-order valence-corrected chi connectivity index (χ1v) is 7.50. The fourth-order valence-corrected chi connectivity index (χ4v) is 4.17. The van der Waals surface area contributed by atoms with Crippen LogP contribution in [0.1, 0.15) is 10.4 Å². The average Bonchev–Trinajstić information content (AvgIpc) is 2.58. The van der Waals surface area contributed by atoms with E-state index in [1.54, 1.807) is 13.8 Å². The third-order valence-electron chi connectivity index (χ3n) is 2.62. The Bertz CT molecular complexity index is 531. The number of nitrogens with zero attached hydrogens (tertiary/aromatic N) is 1. The van der Waals surface area contributed by atoms with Crippen molar-refractivity contribution in [3.05, 3.63) is 16.5 Å². The molecule has 0 aliphatic heterocycles. The maximum absolute atomic E-state index is 12.2. The van der Waals surface area contributed by atoms with Crippen molar-refractivity contribution in [2.45, 2.75) is 30.3 Å². The number of aliphatic hydroxyl groups is 1. The zero-order chi connectivity index (χ0) is 15.0. The second kappa shape index (κ2) is 5.39. The molecular formula is C10H14F3NO3S2. The van der Waals surface area contributed by atoms with Crippen LogP contribution in [-0.2, 0) is 10.0 Å². The minimum absolute atomic E-state index is 0.0284. The van der Waals surface area contributed by atoms with E-state index in [4.69, 9.17) is 5.11 Å². The lowest BCUT2D eigenvalue weighted by Crippen LogP contribution is -2.41. The van der Waals surface area contributed by atoms with Gasteiger partial charge in [0, 0.05) is 18.5 Å². The molecule has 1 aromatic rings. The minimum Gasteiger partial charge on any atom is -0.382 e. The van der Waals surface area contributed by atoms with Gasteiger partial charge in [-0.05, 0) is 25.5 Å². The molecule has 0 aliphatic carbocycles. The summed E-state index contributed by atoms with van der Waals surface area (Å²) in [6, 6.07) is 1.41. The highest BCUT2D eigenvalue weighted by atomic mass is 32.2. The molecule has 110 valence electrons. The zero-order valence-corrected chi connectivity index (χ0v) is 12.2. The van der Waals surface area contributed by atoms with Crippen molar-refractivity contribution in [3.63, 3.8) is 0 Å². The van der Waals surface area contributed by atoms with Gasteiger partial charge in [0.25, 0.3) is 10.0 Å². The van der Waals surface area contributed by atoms with Crippen LogP contribution in [0.2, 0.25) is 0 Å². The van der Waals surface area contributed by atoms with E-state index in [0.717, 1.165) is 28.8 Å². The molecule has 1 rings (SSSR count). The number of likely N-dealkylation sites (N-methyl/N-ethyl adjacent to an activating group) is 1. The van der Waals surface area contributed by atoms with Gasteiger partial charge in [0.2, 0.25) is 0 Å². The van der Waals surface area contributed by atoms with Crippen LogP contribution < -0.4 is 0 Å². The smallest absolute Gasteiger partial charge is 0.382 e. The van der Waals surface area contributed by atoms with Crippen molar-refractivity contribution < 1.29 is 26.7 Å². The Kier molecular flexibility index (Phi) is 4.66. The van der Waals surface area contributed by atoms with Crippen LogP contribution in [0.25, 0.3) is 0 Å². The van der Waals surface area contributed by atoms with E-state index in [-0.39, 0.29) is 4.21 Å². The Labute approximate surface area is 113 Å². The van der Waals surface area contributed by atoms with Gasteiger partial charge in [0.1, 0.15) is 4.21 Å². The summed E-state index contributed by atoms with van der Waals surface area (Å²) in [5.41, 5.74) is 0.758. The third-order valence-corrected chi connectivity index (χ3v) is 6.04. The summed E-state index contributed by atoms with van der Waals surface area (Å²) < 4.78 is 61.1. The fraction of sp³-hybridized carbons (Fsp3) is 0.600. The Hall–Kier alpha value is -0.640. The Morgan fingerprint density at radius 1 is 1.42 bits per heavy atom. The number of hydrogen-bond acceptors (Lipinski definition) is 4. The normalized spacial score (nSPS) is 14.9. The summed E-state index contributed by atoms with van der Waals surface area (Å²) >= 11 is 0.992. The molecule has 0 aromatic carbocycles. The first-order valence-electron chi connectivity index (χ1n) is 5.24. The van der Waals surface area contributed by atoms with Crippen molar-refractivity contribution in [3.8, 4) is 0 Å². The molecule has 1 atom stereocenters. The molecule has 0 bridgehead atoms. The summed E-state index contributed by atoms with van der Waals surface area (Å²) in [4.78, 5) is 0.781. The van der Waals surface area contributed by atoms with Crippen molar-refractivity contribution in [1.29, 1.82) is 0 Å². The summed E-state index contributed by atoms with van der Waals surface area (Å²) in [6.45, 7) is 2.42. The van der Waals surface area contributed by atoms with Gasteiger partial charge in [0.15, 0.2) is 6.10 Å². The molecule has 0 aliphatic rings. The van der Waals surface area contributed by atoms with Crippen molar-refractivity contribution >= 4 is 21.4 Å². The number of halogens is 3. The van der Waals surface area contributed by atoms with Crippen LogP contribution >= 0.6 is 11.3 Å². The number of aliphatic hydroxyl groups excluding tert-OH is 1. The van der Waals surface area contributed by atoms with Crippen molar-refractivity contribution in [1.82, 2.24) is 4.31 Å². The minimum atomic E-state index is -4.84. The van der Waals surface area contributed by atoms with Gasteiger partial charge < -0.3 is 5.11 Å². The summed E-state index contributed by atoms with van der Waals surface area (Å²) in [6.07, 6.45) is -7.54. The first kappa shape index (κ1) is 16.4. The van der Waals surface area contributed by atoms with Gasteiger partial charge in [-0.1, -0.05) is 0 Å². The second-order valence-electron chi connectivity index (χ2n) is 4.15. The summed E-state index contributed by atoms with van der Waals surface area (Å²) in [5, 5.41) is 8.90. The molecule has 0 saturated heterocycles. The monoisotopic (exact) mass is 317 g/mol. The van der Waals surface area contributed by atoms with E-state index in [2.05, 4.69) is 0 Å². The molecule has 1 N–H and O–H groups in total. The molecule has 0 radical (unpaired) electrons. The fourth-order valence-electron chi connectivity index (χ4n) is 1.27. The van der Waals surface area contributed by atoms with Gasteiger partial charge in [-0.25, -0.2) is 8.42 Å². The van der Waals surface area contributed by atoms with E-state index < -0.39 is 28.8 Å². The summed E-state index contributed by atoms with van der Waals surface area (Å²) in [5.74, 6) is 0. The molecule has 1 heterocycles. The van der Waals surface area contributed by atoms with Crippen LogP contribution in [0.3, 0.4) is 0 Å². The highest BCUT2D eigenvalue weighted by molar-refractivity contribution is 7.91. The number of alkyl halides is 3. The number of rotatable bonds is 4. The van der Waals surface area contributed by atoms with Gasteiger partial charge in [-0.3, -0.25) is 0 Å². The average molecular weight is 317 g/mol. The van der Waals surface area contributed by atoms with E-state index >= 15 is 0 Å². The zero-order valence-electron chi connectivity index (χ0n) is 10.5. The molecule has 4 nitrogen and oxygen atoms in total. The van der Waals surface area contributed by atoms with E-state index in [9.17, 15) is 21.6 Å². The Morgan fingerprint density at radius 2 is 1.95 bits per heavy atom. The quantitative estimate of drug-likeness (QED) is 0.923. The van der Waals surface area contributed by atoms with Gasteiger partial charge in [0.05, 0.1) is 0 Å². The lowest BCUT2D eigenvalue weighted by molar-refractivity contribution is -0.204. The largest absolute Gasteiger partial charge is 0.415 e. The predicted molar refractivity (Wildman–Crippen MR) is 65.7 cm³/mol. The maximum Gasteiger partial charge on any atom is 0.415 e. The number of hydrogen-bond donors (Lipinski definition) is 1. The van der Waals surface area contributed by atoms with Crippen LogP contribution in [0.4, 0.5) is 13.2 Å². The van der Waals surface area contributed by atoms with E-state index in [0.29, 0.717) is 4.31 Å². The van der Waals surface area contributed by atoms with Gasteiger partial charge in [-0.2, -0.15) is 17.5 Å². The molecule has 0 saturated carbocycles. The molecule has 1 aromatic heterocycles. The Morgan fingerprint density at radius 3 is 2.32 bits per heavy atom. The molecule has 19 heavy (non-hydrogen) atoms. The van der Waals surface area contributed by atoms with Crippen LogP contribution in [-0.4, -0.2) is 43.7 Å². The highest BCUT2D eigenvalue weighted by Crippen LogP contribution is 2.28. The van der Waals surface area contributed by atoms with Gasteiger partial charge >= 0.3 is 6.18 Å². The predicted octanol–water partition coefficient (Wildman–Crippen LogP) is 1.91. The van der Waals surface area contributed by atoms with Crippen LogP contribution in [0, 0.1) is 13.8 Å². The summed E-state index contributed by atoms with van der Waals surface area (Å²) in [7, 11) is -3.00. The Balaban J connectivity index is 2.95. The highest BCUT2D eigenvalue weighted by Gasteiger charge is 2.40. The first-order chi connectivity index (χ1) is 8.46. The number of thiophene rings is 1. The number of aryl methyl sites for hydroxylation is 2. The number of sulfonamides is 1. The van der Waals surface area contributed by atoms with Crippen molar-refractivity contribution in [2.75, 3.05) is 13.6 Å².